The zero-order valence-electron chi connectivity index (χ0n) is 26.3. The Morgan fingerprint density at radius 2 is 1.47 bits per heavy atom. The van der Waals surface area contributed by atoms with Gasteiger partial charge in [-0.25, -0.2) is 4.79 Å². The van der Waals surface area contributed by atoms with Crippen molar-refractivity contribution in [3.63, 3.8) is 0 Å². The highest BCUT2D eigenvalue weighted by molar-refractivity contribution is 5.89. The first-order valence-electron chi connectivity index (χ1n) is 15.4. The maximum atomic E-state index is 13.9. The van der Waals surface area contributed by atoms with Gasteiger partial charge >= 0.3 is 6.09 Å². The number of nitrogens with two attached hydrogens (primary N) is 1. The number of likely N-dealkylation sites (tertiary alicyclic amines) is 1. The summed E-state index contributed by atoms with van der Waals surface area (Å²) < 4.78 is 5.48. The number of aliphatic hydroxyl groups is 1. The molecule has 1 aliphatic rings. The molecule has 0 radical (unpaired) electrons. The molecular formula is C34H50N4O5. The molecule has 0 bridgehead atoms. The number of carbonyl (C=O) groups excluding carboxylic acids is 3. The highest BCUT2D eigenvalue weighted by Crippen LogP contribution is 2.21. The highest BCUT2D eigenvalue weighted by atomic mass is 16.6. The summed E-state index contributed by atoms with van der Waals surface area (Å²) in [7, 11) is 0. The van der Waals surface area contributed by atoms with Gasteiger partial charge in [0, 0.05) is 25.0 Å². The van der Waals surface area contributed by atoms with Crippen molar-refractivity contribution in [1.29, 1.82) is 0 Å². The molecule has 4 atom stereocenters. The van der Waals surface area contributed by atoms with Crippen molar-refractivity contribution in [2.75, 3.05) is 13.1 Å². The summed E-state index contributed by atoms with van der Waals surface area (Å²) in [5.74, 6) is -1.20. The molecule has 5 N–H and O–H groups in total. The van der Waals surface area contributed by atoms with Crippen molar-refractivity contribution >= 4 is 17.9 Å². The van der Waals surface area contributed by atoms with Crippen LogP contribution in [0.1, 0.15) is 65.0 Å². The maximum absolute atomic E-state index is 13.9. The van der Waals surface area contributed by atoms with Crippen LogP contribution in [0.15, 0.2) is 60.7 Å². The zero-order valence-corrected chi connectivity index (χ0v) is 26.3. The van der Waals surface area contributed by atoms with Crippen LogP contribution in [-0.2, 0) is 27.2 Å². The lowest BCUT2D eigenvalue weighted by atomic mass is 9.88. The Labute approximate surface area is 256 Å². The van der Waals surface area contributed by atoms with Crippen molar-refractivity contribution in [2.24, 2.45) is 17.6 Å². The largest absolute Gasteiger partial charge is 0.444 e. The minimum atomic E-state index is -1.07. The van der Waals surface area contributed by atoms with Crippen LogP contribution < -0.4 is 16.4 Å². The third-order valence-corrected chi connectivity index (χ3v) is 7.77. The summed E-state index contributed by atoms with van der Waals surface area (Å²) in [6, 6.07) is 17.8. The van der Waals surface area contributed by atoms with E-state index in [0.29, 0.717) is 25.9 Å². The number of nitrogens with one attached hydrogen (secondary N) is 2. The molecule has 9 nitrogen and oxygen atoms in total. The molecule has 1 aliphatic heterocycles. The van der Waals surface area contributed by atoms with Gasteiger partial charge in [0.15, 0.2) is 0 Å². The molecule has 1 fully saturated rings. The summed E-state index contributed by atoms with van der Waals surface area (Å²) in [4.78, 5) is 41.9. The number of hydrogen-bond donors (Lipinski definition) is 4. The van der Waals surface area contributed by atoms with Crippen LogP contribution in [0.3, 0.4) is 0 Å². The molecule has 3 unspecified atom stereocenters. The Morgan fingerprint density at radius 1 is 0.930 bits per heavy atom. The number of alkyl carbamates (subject to hydrolysis) is 1. The fraction of sp³-hybridized carbons (Fsp3) is 0.559. The van der Waals surface area contributed by atoms with Crippen LogP contribution in [0.2, 0.25) is 0 Å². The van der Waals surface area contributed by atoms with Gasteiger partial charge in [0.05, 0.1) is 12.1 Å². The SMILES string of the molecule is CC(C)[C@H](NC(=O)C(Cc1ccccc1)CC(O)C(Cc1ccccc1)NC(=O)OC(C)(C)C)C(=O)N1CCC(N)CC1. The lowest BCUT2D eigenvalue weighted by Crippen LogP contribution is -2.55. The van der Waals surface area contributed by atoms with Gasteiger partial charge in [0.1, 0.15) is 11.6 Å². The Kier molecular flexibility index (Phi) is 12.6. The van der Waals surface area contributed by atoms with Gasteiger partial charge in [-0.3, -0.25) is 9.59 Å². The Morgan fingerprint density at radius 3 is 1.98 bits per heavy atom. The van der Waals surface area contributed by atoms with Crippen LogP contribution in [0.4, 0.5) is 4.79 Å². The molecule has 2 aromatic carbocycles. The van der Waals surface area contributed by atoms with Crippen molar-refractivity contribution in [1.82, 2.24) is 15.5 Å². The molecular weight excluding hydrogens is 544 g/mol. The van der Waals surface area contributed by atoms with Gasteiger partial charge in [-0.2, -0.15) is 0 Å². The van der Waals surface area contributed by atoms with E-state index in [9.17, 15) is 19.5 Å². The van der Waals surface area contributed by atoms with Crippen LogP contribution in [0, 0.1) is 11.8 Å². The number of aliphatic hydroxyl groups excluding tert-OH is 1. The van der Waals surface area contributed by atoms with Gasteiger partial charge in [-0.15, -0.1) is 0 Å². The maximum Gasteiger partial charge on any atom is 0.407 e. The summed E-state index contributed by atoms with van der Waals surface area (Å²) >= 11 is 0. The standard InChI is InChI=1S/C34H50N4O5/c1-23(2)30(32(41)38-18-16-27(35)17-19-38)37-31(40)26(20-24-12-8-6-9-13-24)22-29(39)28(21-25-14-10-7-11-15-25)36-33(42)43-34(3,4)5/h6-15,23,26-30,39H,16-22,35H2,1-5H3,(H,36,42)(H,37,40)/t26?,28?,29?,30-/m0/s1. The second-order valence-corrected chi connectivity index (χ2v) is 13.0. The highest BCUT2D eigenvalue weighted by Gasteiger charge is 2.34. The minimum Gasteiger partial charge on any atom is -0.444 e. The van der Waals surface area contributed by atoms with Gasteiger partial charge in [-0.1, -0.05) is 74.5 Å². The molecule has 3 rings (SSSR count). The third kappa shape index (κ3) is 11.3. The summed E-state index contributed by atoms with van der Waals surface area (Å²) in [5, 5.41) is 17.4. The quantitative estimate of drug-likeness (QED) is 0.295. The van der Waals surface area contributed by atoms with E-state index in [2.05, 4.69) is 10.6 Å². The molecule has 1 heterocycles. The summed E-state index contributed by atoms with van der Waals surface area (Å²) in [6.45, 7) is 10.3. The molecule has 236 valence electrons. The molecule has 0 aromatic heterocycles. The second kappa shape index (κ2) is 15.9. The molecule has 43 heavy (non-hydrogen) atoms. The zero-order chi connectivity index (χ0) is 31.6. The molecule has 0 spiro atoms. The lowest BCUT2D eigenvalue weighted by molar-refractivity contribution is -0.139. The van der Waals surface area contributed by atoms with Crippen LogP contribution in [0.25, 0.3) is 0 Å². The first-order valence-corrected chi connectivity index (χ1v) is 15.4. The van der Waals surface area contributed by atoms with E-state index in [4.69, 9.17) is 10.5 Å². The van der Waals surface area contributed by atoms with E-state index in [-0.39, 0.29) is 30.2 Å². The molecule has 0 saturated carbocycles. The Bertz CT molecular complexity index is 1160. The van der Waals surface area contributed by atoms with E-state index < -0.39 is 35.8 Å². The lowest BCUT2D eigenvalue weighted by Gasteiger charge is -2.35. The van der Waals surface area contributed by atoms with Gasteiger partial charge in [0.25, 0.3) is 0 Å². The monoisotopic (exact) mass is 594 g/mol. The van der Waals surface area contributed by atoms with Crippen molar-refractivity contribution in [3.05, 3.63) is 71.8 Å². The average molecular weight is 595 g/mol. The molecule has 1 saturated heterocycles. The first-order chi connectivity index (χ1) is 20.3. The van der Waals surface area contributed by atoms with Crippen molar-refractivity contribution < 1.29 is 24.2 Å². The number of rotatable bonds is 12. The van der Waals surface area contributed by atoms with E-state index in [1.165, 1.54) is 0 Å². The number of piperidine rings is 1. The number of benzene rings is 2. The fourth-order valence-electron chi connectivity index (χ4n) is 5.35. The molecule has 3 amide bonds. The van der Waals surface area contributed by atoms with E-state index in [1.807, 2.05) is 74.5 Å². The van der Waals surface area contributed by atoms with E-state index in [0.717, 1.165) is 24.0 Å². The number of amides is 3. The van der Waals surface area contributed by atoms with Gasteiger partial charge in [0.2, 0.25) is 11.8 Å². The van der Waals surface area contributed by atoms with E-state index >= 15 is 0 Å². The van der Waals surface area contributed by atoms with Gasteiger partial charge in [-0.05, 0) is 69.9 Å². The minimum absolute atomic E-state index is 0.0750. The normalized spacial score (nSPS) is 17.1. The summed E-state index contributed by atoms with van der Waals surface area (Å²) in [6.07, 6.45) is 0.566. The van der Waals surface area contributed by atoms with Crippen LogP contribution >= 0.6 is 0 Å². The predicted octanol–water partition coefficient (Wildman–Crippen LogP) is 3.82. The number of ether oxygens (including phenoxy) is 1. The Balaban J connectivity index is 1.82. The first kappa shape index (κ1) is 34.1. The predicted molar refractivity (Wildman–Crippen MR) is 168 cm³/mol. The average Bonchev–Trinajstić information content (AvgIpc) is 2.95. The molecule has 9 heteroatoms. The second-order valence-electron chi connectivity index (χ2n) is 13.0. The molecule has 0 aliphatic carbocycles. The molecule has 2 aromatic rings. The van der Waals surface area contributed by atoms with Gasteiger partial charge < -0.3 is 31.1 Å². The third-order valence-electron chi connectivity index (χ3n) is 7.77. The number of nitrogens with zero attached hydrogens (tertiary/aromatic N) is 1. The number of carbonyl (C=O) groups is 3. The topological polar surface area (TPSA) is 134 Å². The fourth-order valence-corrected chi connectivity index (χ4v) is 5.35. The van der Waals surface area contributed by atoms with Crippen LogP contribution in [-0.4, -0.2) is 70.8 Å². The van der Waals surface area contributed by atoms with Crippen molar-refractivity contribution in [3.8, 4) is 0 Å². The number of hydrogen-bond acceptors (Lipinski definition) is 6. The summed E-state index contributed by atoms with van der Waals surface area (Å²) in [5.41, 5.74) is 7.20. The van der Waals surface area contributed by atoms with Crippen molar-refractivity contribution in [2.45, 2.75) is 96.6 Å². The van der Waals surface area contributed by atoms with E-state index in [1.54, 1.807) is 25.7 Å². The Hall–Kier alpha value is -3.43. The van der Waals surface area contributed by atoms with Crippen LogP contribution in [0.5, 0.6) is 0 Å². The smallest absolute Gasteiger partial charge is 0.407 e.